The number of carbonyl (C=O) groups is 1. The molecule has 0 saturated carbocycles. The fourth-order valence-electron chi connectivity index (χ4n) is 1.48. The molecule has 1 aromatic carbocycles. The van der Waals surface area contributed by atoms with Crippen molar-refractivity contribution in [3.8, 4) is 0 Å². The zero-order chi connectivity index (χ0) is 11.7. The Kier molecular flexibility index (Phi) is 2.52. The van der Waals surface area contributed by atoms with Gasteiger partial charge in [-0.2, -0.15) is 0 Å². The Morgan fingerprint density at radius 3 is 2.88 bits per heavy atom. The minimum atomic E-state index is -0.894. The predicted octanol–water partition coefficient (Wildman–Crippen LogP) is 1.74. The molecule has 0 radical (unpaired) electrons. The van der Waals surface area contributed by atoms with E-state index in [4.69, 9.17) is 9.63 Å². The molecule has 1 N–H and O–H groups in total. The lowest BCUT2D eigenvalue weighted by molar-refractivity contribution is -0.138. The first kappa shape index (κ1) is 10.5. The van der Waals surface area contributed by atoms with Gasteiger partial charge in [0.2, 0.25) is 0 Å². The Balaban J connectivity index is 2.44. The second-order valence-electron chi connectivity index (χ2n) is 3.63. The third kappa shape index (κ3) is 1.60. The first-order valence-electron chi connectivity index (χ1n) is 4.91. The topological polar surface area (TPSA) is 66.6 Å². The first-order valence-corrected chi connectivity index (χ1v) is 4.91. The number of aliphatic carboxylic acids is 1. The summed E-state index contributed by atoms with van der Waals surface area (Å²) in [6.07, 6.45) is 0. The quantitative estimate of drug-likeness (QED) is 0.853. The third-order valence-electron chi connectivity index (χ3n) is 2.63. The Labute approximate surface area is 92.3 Å². The van der Waals surface area contributed by atoms with Crippen LogP contribution in [0.25, 0.3) is 11.0 Å². The first-order chi connectivity index (χ1) is 7.61. The summed E-state index contributed by atoms with van der Waals surface area (Å²) in [7, 11) is 1.68. The van der Waals surface area contributed by atoms with Crippen LogP contribution in [0.2, 0.25) is 0 Å². The van der Waals surface area contributed by atoms with Crippen molar-refractivity contribution in [2.24, 2.45) is 0 Å². The Morgan fingerprint density at radius 2 is 2.19 bits per heavy atom. The third-order valence-corrected chi connectivity index (χ3v) is 2.63. The number of rotatable bonds is 3. The van der Waals surface area contributed by atoms with Crippen molar-refractivity contribution in [2.75, 3.05) is 11.9 Å². The van der Waals surface area contributed by atoms with Crippen LogP contribution in [-0.4, -0.2) is 29.3 Å². The average molecular weight is 220 g/mol. The lowest BCUT2D eigenvalue weighted by Crippen LogP contribution is -2.36. The number of anilines is 1. The van der Waals surface area contributed by atoms with Gasteiger partial charge in [0, 0.05) is 7.05 Å². The molecule has 1 unspecified atom stereocenters. The summed E-state index contributed by atoms with van der Waals surface area (Å²) < 4.78 is 5.12. The predicted molar refractivity (Wildman–Crippen MR) is 59.5 cm³/mol. The van der Waals surface area contributed by atoms with Gasteiger partial charge in [0.25, 0.3) is 0 Å². The Bertz CT molecular complexity index is 521. The molecule has 0 bridgehead atoms. The minimum absolute atomic E-state index is 0.547. The number of carboxylic acids is 1. The van der Waals surface area contributed by atoms with Gasteiger partial charge in [-0.15, -0.1) is 0 Å². The summed E-state index contributed by atoms with van der Waals surface area (Å²) in [5.74, 6) is -0.347. The number of likely N-dealkylation sites (N-methyl/N-ethyl adjacent to an activating group) is 1. The highest BCUT2D eigenvalue weighted by atomic mass is 16.5. The van der Waals surface area contributed by atoms with E-state index in [-0.39, 0.29) is 0 Å². The number of hydrogen-bond acceptors (Lipinski definition) is 4. The summed E-state index contributed by atoms with van der Waals surface area (Å²) in [4.78, 5) is 12.4. The fraction of sp³-hybridized carbons (Fsp3) is 0.273. The van der Waals surface area contributed by atoms with Crippen molar-refractivity contribution in [2.45, 2.75) is 13.0 Å². The second-order valence-corrected chi connectivity index (χ2v) is 3.63. The van der Waals surface area contributed by atoms with Crippen molar-refractivity contribution < 1.29 is 14.4 Å². The van der Waals surface area contributed by atoms with Crippen LogP contribution in [0.15, 0.2) is 28.8 Å². The van der Waals surface area contributed by atoms with Gasteiger partial charge in [-0.05, 0) is 19.1 Å². The maximum Gasteiger partial charge on any atom is 0.326 e. The van der Waals surface area contributed by atoms with E-state index in [1.54, 1.807) is 24.9 Å². The van der Waals surface area contributed by atoms with Gasteiger partial charge in [0.05, 0.1) is 5.39 Å². The number of carboxylic acid groups (broad SMARTS) is 1. The van der Waals surface area contributed by atoms with Gasteiger partial charge in [-0.3, -0.25) is 0 Å². The van der Waals surface area contributed by atoms with Crippen LogP contribution < -0.4 is 4.90 Å². The van der Waals surface area contributed by atoms with Crippen LogP contribution in [0.5, 0.6) is 0 Å². The molecule has 0 aliphatic heterocycles. The van der Waals surface area contributed by atoms with Crippen molar-refractivity contribution in [1.82, 2.24) is 5.16 Å². The van der Waals surface area contributed by atoms with Crippen molar-refractivity contribution >= 4 is 22.8 Å². The highest BCUT2D eigenvalue weighted by molar-refractivity contribution is 5.90. The van der Waals surface area contributed by atoms with Crippen LogP contribution >= 0.6 is 0 Å². The molecule has 5 nitrogen and oxygen atoms in total. The van der Waals surface area contributed by atoms with Gasteiger partial charge >= 0.3 is 5.97 Å². The van der Waals surface area contributed by atoms with Gasteiger partial charge in [0.1, 0.15) is 6.04 Å². The molecule has 0 aliphatic carbocycles. The maximum atomic E-state index is 10.9. The highest BCUT2D eigenvalue weighted by Crippen LogP contribution is 2.25. The lowest BCUT2D eigenvalue weighted by atomic mass is 10.2. The van der Waals surface area contributed by atoms with Crippen molar-refractivity contribution in [1.29, 1.82) is 0 Å². The maximum absolute atomic E-state index is 10.9. The molecule has 1 heterocycles. The normalized spacial score (nSPS) is 12.6. The van der Waals surface area contributed by atoms with E-state index < -0.39 is 12.0 Å². The molecule has 2 rings (SSSR count). The van der Waals surface area contributed by atoms with E-state index in [1.807, 2.05) is 18.2 Å². The van der Waals surface area contributed by atoms with Gasteiger partial charge in [-0.1, -0.05) is 17.3 Å². The van der Waals surface area contributed by atoms with Crippen LogP contribution in [0.4, 0.5) is 5.82 Å². The van der Waals surface area contributed by atoms with E-state index in [0.29, 0.717) is 11.4 Å². The number of benzene rings is 1. The summed E-state index contributed by atoms with van der Waals surface area (Å²) in [5.41, 5.74) is 0.655. The molecule has 0 amide bonds. The monoisotopic (exact) mass is 220 g/mol. The molecular formula is C11H12N2O3. The van der Waals surface area contributed by atoms with Crippen LogP contribution in [-0.2, 0) is 4.79 Å². The zero-order valence-corrected chi connectivity index (χ0v) is 9.04. The molecule has 0 spiro atoms. The van der Waals surface area contributed by atoms with Gasteiger partial charge < -0.3 is 14.5 Å². The Morgan fingerprint density at radius 1 is 1.50 bits per heavy atom. The molecule has 1 atom stereocenters. The van der Waals surface area contributed by atoms with Crippen LogP contribution in [0.3, 0.4) is 0 Å². The largest absolute Gasteiger partial charge is 0.480 e. The molecule has 5 heteroatoms. The van der Waals surface area contributed by atoms with E-state index in [1.165, 1.54) is 0 Å². The standard InChI is InChI=1S/C11H12N2O3/c1-7(11(14)15)13(2)10-8-5-3-4-6-9(8)16-12-10/h3-7H,1-2H3,(H,14,15). The minimum Gasteiger partial charge on any atom is -0.480 e. The fourth-order valence-corrected chi connectivity index (χ4v) is 1.48. The van der Waals surface area contributed by atoms with Crippen molar-refractivity contribution in [3.05, 3.63) is 24.3 Å². The van der Waals surface area contributed by atoms with E-state index in [9.17, 15) is 4.79 Å². The molecule has 0 fully saturated rings. The molecule has 16 heavy (non-hydrogen) atoms. The molecule has 0 aliphatic rings. The smallest absolute Gasteiger partial charge is 0.326 e. The van der Waals surface area contributed by atoms with E-state index in [0.717, 1.165) is 5.39 Å². The molecule has 84 valence electrons. The number of fused-ring (bicyclic) bond motifs is 1. The molecular weight excluding hydrogens is 208 g/mol. The SMILES string of the molecule is CC(C(=O)O)N(C)c1noc2ccccc12. The Hall–Kier alpha value is -2.04. The average Bonchev–Trinajstić information content (AvgIpc) is 2.70. The second kappa shape index (κ2) is 3.84. The summed E-state index contributed by atoms with van der Waals surface area (Å²) in [6.45, 7) is 1.60. The summed E-state index contributed by atoms with van der Waals surface area (Å²) in [5, 5.41) is 13.6. The van der Waals surface area contributed by atoms with E-state index >= 15 is 0 Å². The van der Waals surface area contributed by atoms with Crippen molar-refractivity contribution in [3.63, 3.8) is 0 Å². The van der Waals surface area contributed by atoms with Gasteiger partial charge in [0.15, 0.2) is 11.4 Å². The van der Waals surface area contributed by atoms with Gasteiger partial charge in [-0.25, -0.2) is 4.79 Å². The summed E-state index contributed by atoms with van der Waals surface area (Å²) >= 11 is 0. The summed E-state index contributed by atoms with van der Waals surface area (Å²) in [6, 6.07) is 6.71. The molecule has 0 saturated heterocycles. The lowest BCUT2D eigenvalue weighted by Gasteiger charge is -2.20. The number of nitrogens with zero attached hydrogens (tertiary/aromatic N) is 2. The number of aromatic nitrogens is 1. The zero-order valence-electron chi connectivity index (χ0n) is 9.04. The van der Waals surface area contributed by atoms with E-state index in [2.05, 4.69) is 5.16 Å². The highest BCUT2D eigenvalue weighted by Gasteiger charge is 2.21. The van der Waals surface area contributed by atoms with Crippen LogP contribution in [0.1, 0.15) is 6.92 Å². The molecule has 2 aromatic rings. The molecule has 1 aromatic heterocycles. The number of para-hydroxylation sites is 1. The van der Waals surface area contributed by atoms with Crippen LogP contribution in [0, 0.1) is 0 Å². The number of hydrogen-bond donors (Lipinski definition) is 1.